The number of H-pyrrole nitrogens is 1. The van der Waals surface area contributed by atoms with Crippen LogP contribution in [0.4, 0.5) is 21.9 Å². The number of pyridine rings is 1. The van der Waals surface area contributed by atoms with Crippen LogP contribution in [-0.4, -0.2) is 72.8 Å². The number of aromatic nitrogens is 2. The maximum absolute atomic E-state index is 12.6. The Morgan fingerprint density at radius 2 is 1.83 bits per heavy atom. The third-order valence-electron chi connectivity index (χ3n) is 5.53. The summed E-state index contributed by atoms with van der Waals surface area (Å²) in [6, 6.07) is 10.1. The van der Waals surface area contributed by atoms with Crippen LogP contribution in [0, 0.1) is 0 Å². The SMILES string of the molecule is CS(=O)(=O)Nc1cc(Cl)cc(NC(=O)Cc2c[nH]c(-c3ccc(N4CCN(C(=O)O)CC4)cn3)c2)c1. The van der Waals surface area contributed by atoms with Crippen molar-refractivity contribution >= 4 is 50.7 Å². The zero-order chi connectivity index (χ0) is 25.9. The second kappa shape index (κ2) is 10.5. The molecule has 0 spiro atoms. The molecule has 1 aliphatic heterocycles. The van der Waals surface area contributed by atoms with E-state index in [1.165, 1.54) is 23.1 Å². The highest BCUT2D eigenvalue weighted by molar-refractivity contribution is 7.92. The van der Waals surface area contributed by atoms with Crippen molar-refractivity contribution in [1.29, 1.82) is 0 Å². The number of nitrogens with zero attached hydrogens (tertiary/aromatic N) is 3. The first-order valence-electron chi connectivity index (χ1n) is 11.0. The summed E-state index contributed by atoms with van der Waals surface area (Å²) in [5.41, 5.74) is 3.75. The molecule has 0 aliphatic carbocycles. The van der Waals surface area contributed by atoms with Crippen LogP contribution in [-0.2, 0) is 21.2 Å². The monoisotopic (exact) mass is 532 g/mol. The van der Waals surface area contributed by atoms with Crippen molar-refractivity contribution in [2.45, 2.75) is 6.42 Å². The summed E-state index contributed by atoms with van der Waals surface area (Å²) in [4.78, 5) is 34.7. The summed E-state index contributed by atoms with van der Waals surface area (Å²) < 4.78 is 25.3. The van der Waals surface area contributed by atoms with Gasteiger partial charge in [0.2, 0.25) is 15.9 Å². The summed E-state index contributed by atoms with van der Waals surface area (Å²) in [6.07, 6.45) is 3.69. The molecule has 1 fully saturated rings. The highest BCUT2D eigenvalue weighted by atomic mass is 35.5. The number of carboxylic acid groups (broad SMARTS) is 1. The molecule has 4 rings (SSSR count). The Labute approximate surface area is 213 Å². The minimum Gasteiger partial charge on any atom is -0.465 e. The third kappa shape index (κ3) is 6.67. The fraction of sp³-hybridized carbons (Fsp3) is 0.261. The quantitative estimate of drug-likeness (QED) is 0.365. The van der Waals surface area contributed by atoms with Crippen LogP contribution in [0.15, 0.2) is 48.8 Å². The van der Waals surface area contributed by atoms with E-state index in [-0.39, 0.29) is 23.0 Å². The van der Waals surface area contributed by atoms with Gasteiger partial charge in [0.05, 0.1) is 41.6 Å². The number of hydrogen-bond donors (Lipinski definition) is 4. The number of anilines is 3. The molecule has 2 aromatic heterocycles. The average Bonchev–Trinajstić information content (AvgIpc) is 3.26. The van der Waals surface area contributed by atoms with Gasteiger partial charge in [-0.25, -0.2) is 13.2 Å². The van der Waals surface area contributed by atoms with E-state index < -0.39 is 16.1 Å². The molecule has 0 unspecified atom stereocenters. The number of benzene rings is 1. The first-order chi connectivity index (χ1) is 17.1. The predicted molar refractivity (Wildman–Crippen MR) is 138 cm³/mol. The lowest BCUT2D eigenvalue weighted by molar-refractivity contribution is -0.115. The van der Waals surface area contributed by atoms with Gasteiger partial charge in [-0.2, -0.15) is 0 Å². The number of sulfonamides is 1. The van der Waals surface area contributed by atoms with Crippen molar-refractivity contribution in [3.05, 3.63) is 59.4 Å². The van der Waals surface area contributed by atoms with Gasteiger partial charge in [0.25, 0.3) is 0 Å². The molecule has 3 heterocycles. The number of rotatable bonds is 7. The molecule has 190 valence electrons. The van der Waals surface area contributed by atoms with Gasteiger partial charge >= 0.3 is 6.09 Å². The van der Waals surface area contributed by atoms with Crippen molar-refractivity contribution in [2.75, 3.05) is 47.4 Å². The van der Waals surface area contributed by atoms with Gasteiger partial charge in [-0.3, -0.25) is 14.5 Å². The molecular weight excluding hydrogens is 508 g/mol. The molecule has 2 amide bonds. The minimum atomic E-state index is -3.48. The predicted octanol–water partition coefficient (Wildman–Crippen LogP) is 3.08. The highest BCUT2D eigenvalue weighted by Crippen LogP contribution is 2.24. The van der Waals surface area contributed by atoms with E-state index in [0.717, 1.165) is 23.2 Å². The molecule has 3 aromatic rings. The van der Waals surface area contributed by atoms with E-state index in [0.29, 0.717) is 37.6 Å². The topological polar surface area (TPSA) is 148 Å². The Hall–Kier alpha value is -3.77. The van der Waals surface area contributed by atoms with Crippen molar-refractivity contribution in [1.82, 2.24) is 14.9 Å². The highest BCUT2D eigenvalue weighted by Gasteiger charge is 2.20. The third-order valence-corrected chi connectivity index (χ3v) is 6.36. The molecule has 1 aromatic carbocycles. The Balaban J connectivity index is 1.36. The maximum atomic E-state index is 12.6. The van der Waals surface area contributed by atoms with Gasteiger partial charge < -0.3 is 25.2 Å². The second-order valence-corrected chi connectivity index (χ2v) is 10.6. The van der Waals surface area contributed by atoms with Gasteiger partial charge in [-0.1, -0.05) is 11.6 Å². The number of nitrogens with one attached hydrogen (secondary N) is 3. The van der Waals surface area contributed by atoms with Gasteiger partial charge in [0.1, 0.15) is 0 Å². The molecule has 36 heavy (non-hydrogen) atoms. The van der Waals surface area contributed by atoms with Gasteiger partial charge in [-0.15, -0.1) is 0 Å². The van der Waals surface area contributed by atoms with Crippen LogP contribution in [0.1, 0.15) is 5.56 Å². The Bertz CT molecular complexity index is 1370. The lowest BCUT2D eigenvalue weighted by Gasteiger charge is -2.34. The average molecular weight is 533 g/mol. The molecular formula is C23H25ClN6O5S. The van der Waals surface area contributed by atoms with Crippen molar-refractivity contribution in [3.63, 3.8) is 0 Å². The number of halogens is 1. The van der Waals surface area contributed by atoms with Crippen molar-refractivity contribution in [2.24, 2.45) is 0 Å². The summed E-state index contributed by atoms with van der Waals surface area (Å²) in [6.45, 7) is 2.11. The van der Waals surface area contributed by atoms with E-state index in [1.807, 2.05) is 18.2 Å². The number of hydrogen-bond acceptors (Lipinski definition) is 6. The fourth-order valence-electron chi connectivity index (χ4n) is 3.90. The fourth-order valence-corrected chi connectivity index (χ4v) is 4.68. The van der Waals surface area contributed by atoms with Crippen LogP contribution in [0.25, 0.3) is 11.4 Å². The van der Waals surface area contributed by atoms with Crippen molar-refractivity contribution < 1.29 is 23.1 Å². The normalized spacial score (nSPS) is 13.9. The first-order valence-corrected chi connectivity index (χ1v) is 13.3. The van der Waals surface area contributed by atoms with E-state index >= 15 is 0 Å². The minimum absolute atomic E-state index is 0.0871. The molecule has 0 saturated carbocycles. The van der Waals surface area contributed by atoms with Gasteiger partial charge in [0, 0.05) is 43.1 Å². The summed E-state index contributed by atoms with van der Waals surface area (Å²) in [7, 11) is -3.48. The zero-order valence-corrected chi connectivity index (χ0v) is 20.9. The van der Waals surface area contributed by atoms with E-state index in [4.69, 9.17) is 16.7 Å². The van der Waals surface area contributed by atoms with Gasteiger partial charge in [0.15, 0.2) is 0 Å². The lowest BCUT2D eigenvalue weighted by Crippen LogP contribution is -2.48. The molecule has 0 bridgehead atoms. The van der Waals surface area contributed by atoms with Crippen LogP contribution < -0.4 is 14.9 Å². The number of carbonyl (C=O) groups is 2. The Kier molecular flexibility index (Phi) is 7.36. The standard InChI is InChI=1S/C23H25ClN6O5S/c1-36(34,35)28-18-11-16(24)10-17(12-18)27-22(31)9-15-8-21(25-13-15)20-3-2-19(14-26-20)29-4-6-30(7-5-29)23(32)33/h2-3,8,10-14,25,28H,4-7,9H2,1H3,(H,27,31)(H,32,33). The van der Waals surface area contributed by atoms with Crippen LogP contribution >= 0.6 is 11.6 Å². The summed E-state index contributed by atoms with van der Waals surface area (Å²) >= 11 is 6.05. The van der Waals surface area contributed by atoms with E-state index in [1.54, 1.807) is 12.4 Å². The number of carbonyl (C=O) groups excluding carboxylic acids is 1. The molecule has 13 heteroatoms. The van der Waals surface area contributed by atoms with Crippen LogP contribution in [0.2, 0.25) is 5.02 Å². The van der Waals surface area contributed by atoms with Crippen molar-refractivity contribution in [3.8, 4) is 11.4 Å². The van der Waals surface area contributed by atoms with E-state index in [9.17, 15) is 18.0 Å². The van der Waals surface area contributed by atoms with Crippen LogP contribution in [0.5, 0.6) is 0 Å². The second-order valence-electron chi connectivity index (χ2n) is 8.41. The maximum Gasteiger partial charge on any atom is 0.407 e. The molecule has 0 atom stereocenters. The molecule has 11 nitrogen and oxygen atoms in total. The smallest absolute Gasteiger partial charge is 0.407 e. The summed E-state index contributed by atoms with van der Waals surface area (Å²) in [5.74, 6) is -0.295. The molecule has 1 aliphatic rings. The van der Waals surface area contributed by atoms with Gasteiger partial charge in [-0.05, 0) is 42.0 Å². The molecule has 0 radical (unpaired) electrons. The Morgan fingerprint density at radius 1 is 1.11 bits per heavy atom. The largest absolute Gasteiger partial charge is 0.465 e. The lowest BCUT2D eigenvalue weighted by atomic mass is 10.2. The summed E-state index contributed by atoms with van der Waals surface area (Å²) in [5, 5.41) is 12.1. The van der Waals surface area contributed by atoms with E-state index in [2.05, 4.69) is 24.9 Å². The zero-order valence-electron chi connectivity index (χ0n) is 19.4. The Morgan fingerprint density at radius 3 is 2.47 bits per heavy atom. The number of aromatic amines is 1. The number of piperazine rings is 1. The van der Waals surface area contributed by atoms with Crippen LogP contribution in [0.3, 0.4) is 0 Å². The molecule has 4 N–H and O–H groups in total. The molecule has 1 saturated heterocycles. The first kappa shape index (κ1) is 25.3. The number of amides is 2.